The highest BCUT2D eigenvalue weighted by molar-refractivity contribution is 5.93. The lowest BCUT2D eigenvalue weighted by molar-refractivity contribution is -0.131. The van der Waals surface area contributed by atoms with Crippen molar-refractivity contribution in [3.8, 4) is 0 Å². The Morgan fingerprint density at radius 3 is 2.87 bits per heavy atom. The molecule has 15 heavy (non-hydrogen) atoms. The van der Waals surface area contributed by atoms with Crippen molar-refractivity contribution < 1.29 is 14.3 Å². The van der Waals surface area contributed by atoms with Gasteiger partial charge in [0.25, 0.3) is 0 Å². The zero-order valence-corrected chi connectivity index (χ0v) is 8.23. The number of rotatable bonds is 2. The summed E-state index contributed by atoms with van der Waals surface area (Å²) in [6.07, 6.45) is 2.67. The standard InChI is InChI=1S/C12H10O3/c1-8-9(6-7-12(13)14)10-4-2-3-5-11(10)15-8/h2-7H,1H3,(H,13,14)/b7-6+. The number of carboxylic acid groups (broad SMARTS) is 1. The quantitative estimate of drug-likeness (QED) is 0.762. The van der Waals surface area contributed by atoms with E-state index < -0.39 is 5.97 Å². The second kappa shape index (κ2) is 3.61. The molecule has 0 aliphatic heterocycles. The largest absolute Gasteiger partial charge is 0.478 e. The summed E-state index contributed by atoms with van der Waals surface area (Å²) in [5.74, 6) is -0.228. The van der Waals surface area contributed by atoms with E-state index in [1.165, 1.54) is 0 Å². The zero-order valence-electron chi connectivity index (χ0n) is 8.23. The summed E-state index contributed by atoms with van der Waals surface area (Å²) in [4.78, 5) is 10.4. The normalized spacial score (nSPS) is 11.3. The van der Waals surface area contributed by atoms with Crippen LogP contribution in [0.2, 0.25) is 0 Å². The minimum Gasteiger partial charge on any atom is -0.478 e. The van der Waals surface area contributed by atoms with Crippen LogP contribution in [0, 0.1) is 6.92 Å². The van der Waals surface area contributed by atoms with Crippen molar-refractivity contribution in [2.75, 3.05) is 0 Å². The Morgan fingerprint density at radius 1 is 1.40 bits per heavy atom. The molecule has 76 valence electrons. The van der Waals surface area contributed by atoms with E-state index in [0.29, 0.717) is 0 Å². The summed E-state index contributed by atoms with van der Waals surface area (Å²) in [7, 11) is 0. The van der Waals surface area contributed by atoms with Crippen molar-refractivity contribution in [1.29, 1.82) is 0 Å². The summed E-state index contributed by atoms with van der Waals surface area (Å²) in [5.41, 5.74) is 1.60. The lowest BCUT2D eigenvalue weighted by atomic mass is 10.1. The molecule has 3 heteroatoms. The van der Waals surface area contributed by atoms with Gasteiger partial charge >= 0.3 is 5.97 Å². The summed E-state index contributed by atoms with van der Waals surface area (Å²) in [6.45, 7) is 1.82. The average molecular weight is 202 g/mol. The van der Waals surface area contributed by atoms with Crippen molar-refractivity contribution in [1.82, 2.24) is 0 Å². The molecule has 0 fully saturated rings. The third-order valence-corrected chi connectivity index (χ3v) is 2.21. The van der Waals surface area contributed by atoms with Crippen LogP contribution in [0.15, 0.2) is 34.8 Å². The van der Waals surface area contributed by atoms with Gasteiger partial charge in [-0.2, -0.15) is 0 Å². The molecular weight excluding hydrogens is 192 g/mol. The van der Waals surface area contributed by atoms with Crippen LogP contribution in [0.1, 0.15) is 11.3 Å². The maximum Gasteiger partial charge on any atom is 0.328 e. The first kappa shape index (κ1) is 9.52. The molecule has 0 saturated heterocycles. The number of para-hydroxylation sites is 1. The summed E-state index contributed by atoms with van der Waals surface area (Å²) >= 11 is 0. The van der Waals surface area contributed by atoms with E-state index in [-0.39, 0.29) is 0 Å². The fourth-order valence-electron chi connectivity index (χ4n) is 1.55. The average Bonchev–Trinajstić information content (AvgIpc) is 2.50. The van der Waals surface area contributed by atoms with Crippen LogP contribution in [0.4, 0.5) is 0 Å². The maximum absolute atomic E-state index is 10.4. The number of furan rings is 1. The molecule has 0 atom stereocenters. The topological polar surface area (TPSA) is 50.4 Å². The van der Waals surface area contributed by atoms with Gasteiger partial charge in [-0.3, -0.25) is 0 Å². The SMILES string of the molecule is Cc1oc2ccccc2c1/C=C/C(=O)O. The minimum absolute atomic E-state index is 0.730. The van der Waals surface area contributed by atoms with Crippen molar-refractivity contribution in [3.63, 3.8) is 0 Å². The first-order valence-corrected chi connectivity index (χ1v) is 4.57. The lowest BCUT2D eigenvalue weighted by Gasteiger charge is -1.89. The third kappa shape index (κ3) is 1.76. The molecule has 0 spiro atoms. The van der Waals surface area contributed by atoms with Gasteiger partial charge in [0.15, 0.2) is 0 Å². The Labute approximate surface area is 86.6 Å². The Morgan fingerprint density at radius 2 is 2.13 bits per heavy atom. The van der Waals surface area contributed by atoms with Crippen LogP contribution in [0.5, 0.6) is 0 Å². The first-order chi connectivity index (χ1) is 7.18. The van der Waals surface area contributed by atoms with Gasteiger partial charge in [-0.15, -0.1) is 0 Å². The lowest BCUT2D eigenvalue weighted by Crippen LogP contribution is -1.85. The molecule has 0 amide bonds. The predicted octanol–water partition coefficient (Wildman–Crippen LogP) is 2.84. The second-order valence-electron chi connectivity index (χ2n) is 3.24. The number of aryl methyl sites for hydroxylation is 1. The maximum atomic E-state index is 10.4. The van der Waals surface area contributed by atoms with Gasteiger partial charge in [-0.1, -0.05) is 18.2 Å². The summed E-state index contributed by atoms with van der Waals surface area (Å²) < 4.78 is 5.49. The molecule has 0 aliphatic rings. The number of hydrogen-bond acceptors (Lipinski definition) is 2. The van der Waals surface area contributed by atoms with Crippen molar-refractivity contribution in [3.05, 3.63) is 41.7 Å². The molecule has 2 aromatic rings. The molecule has 0 saturated carbocycles. The molecule has 1 N–H and O–H groups in total. The van der Waals surface area contributed by atoms with E-state index in [1.54, 1.807) is 6.08 Å². The minimum atomic E-state index is -0.959. The van der Waals surface area contributed by atoms with Crippen LogP contribution in [-0.2, 0) is 4.79 Å². The summed E-state index contributed by atoms with van der Waals surface area (Å²) in [5, 5.41) is 9.50. The van der Waals surface area contributed by atoms with Crippen LogP contribution in [0.25, 0.3) is 17.0 Å². The number of carbonyl (C=O) groups is 1. The van der Waals surface area contributed by atoms with Gasteiger partial charge in [0.05, 0.1) is 0 Å². The van der Waals surface area contributed by atoms with Gasteiger partial charge in [-0.25, -0.2) is 4.79 Å². The van der Waals surface area contributed by atoms with Crippen LogP contribution >= 0.6 is 0 Å². The Hall–Kier alpha value is -2.03. The van der Waals surface area contributed by atoms with Gasteiger partial charge in [0.1, 0.15) is 11.3 Å². The van der Waals surface area contributed by atoms with E-state index >= 15 is 0 Å². The first-order valence-electron chi connectivity index (χ1n) is 4.57. The molecule has 0 aliphatic carbocycles. The van der Waals surface area contributed by atoms with Gasteiger partial charge in [0.2, 0.25) is 0 Å². The molecule has 1 aromatic carbocycles. The van der Waals surface area contributed by atoms with Gasteiger partial charge in [-0.05, 0) is 19.1 Å². The molecule has 0 unspecified atom stereocenters. The third-order valence-electron chi connectivity index (χ3n) is 2.21. The molecule has 2 rings (SSSR count). The number of hydrogen-bond donors (Lipinski definition) is 1. The second-order valence-corrected chi connectivity index (χ2v) is 3.24. The van der Waals surface area contributed by atoms with E-state index in [1.807, 2.05) is 31.2 Å². The van der Waals surface area contributed by atoms with E-state index in [9.17, 15) is 4.79 Å². The summed E-state index contributed by atoms with van der Waals surface area (Å²) in [6, 6.07) is 7.55. The van der Waals surface area contributed by atoms with Crippen molar-refractivity contribution >= 4 is 23.0 Å². The monoisotopic (exact) mass is 202 g/mol. The Balaban J connectivity index is 2.59. The number of aliphatic carboxylic acids is 1. The van der Waals surface area contributed by atoms with Crippen molar-refractivity contribution in [2.24, 2.45) is 0 Å². The molecule has 3 nitrogen and oxygen atoms in total. The Bertz CT molecular complexity index is 535. The molecular formula is C12H10O3. The fourth-order valence-corrected chi connectivity index (χ4v) is 1.55. The Kier molecular flexibility index (Phi) is 2.29. The van der Waals surface area contributed by atoms with Crippen LogP contribution in [0.3, 0.4) is 0 Å². The molecule has 1 aromatic heterocycles. The predicted molar refractivity (Wildman–Crippen MR) is 57.6 cm³/mol. The number of benzene rings is 1. The number of fused-ring (bicyclic) bond motifs is 1. The van der Waals surface area contributed by atoms with Crippen molar-refractivity contribution in [2.45, 2.75) is 6.92 Å². The highest BCUT2D eigenvalue weighted by Gasteiger charge is 2.07. The molecule has 0 radical (unpaired) electrons. The van der Waals surface area contributed by atoms with E-state index in [4.69, 9.17) is 9.52 Å². The van der Waals surface area contributed by atoms with E-state index in [0.717, 1.165) is 28.4 Å². The zero-order chi connectivity index (χ0) is 10.8. The smallest absolute Gasteiger partial charge is 0.328 e. The molecule has 0 bridgehead atoms. The van der Waals surface area contributed by atoms with Gasteiger partial charge in [0, 0.05) is 17.0 Å². The highest BCUT2D eigenvalue weighted by Crippen LogP contribution is 2.26. The van der Waals surface area contributed by atoms with Gasteiger partial charge < -0.3 is 9.52 Å². The van der Waals surface area contributed by atoms with E-state index in [2.05, 4.69) is 0 Å². The molecule has 1 heterocycles. The van der Waals surface area contributed by atoms with Crippen LogP contribution in [-0.4, -0.2) is 11.1 Å². The fraction of sp³-hybridized carbons (Fsp3) is 0.0833. The van der Waals surface area contributed by atoms with Crippen LogP contribution < -0.4 is 0 Å². The highest BCUT2D eigenvalue weighted by atomic mass is 16.4. The number of carboxylic acids is 1.